The molecule has 0 saturated carbocycles. The van der Waals surface area contributed by atoms with Crippen molar-refractivity contribution in [3.8, 4) is 0 Å². The van der Waals surface area contributed by atoms with E-state index in [0.717, 1.165) is 24.8 Å². The number of hydrogen-bond donors (Lipinski definition) is 2. The van der Waals surface area contributed by atoms with Gasteiger partial charge >= 0.3 is 5.97 Å². The Bertz CT molecular complexity index is 707. The predicted molar refractivity (Wildman–Crippen MR) is 86.3 cm³/mol. The molecule has 4 nitrogen and oxygen atoms in total. The molecule has 2 rings (SSSR count). The van der Waals surface area contributed by atoms with Gasteiger partial charge in [-0.15, -0.1) is 0 Å². The van der Waals surface area contributed by atoms with Crippen LogP contribution in [0.3, 0.4) is 0 Å². The third-order valence-corrected chi connectivity index (χ3v) is 3.62. The fourth-order valence-electron chi connectivity index (χ4n) is 2.46. The van der Waals surface area contributed by atoms with Crippen LogP contribution in [0.5, 0.6) is 0 Å². The molecule has 114 valence electrons. The van der Waals surface area contributed by atoms with Crippen LogP contribution in [-0.4, -0.2) is 16.9 Å². The summed E-state index contributed by atoms with van der Waals surface area (Å²) in [4.78, 5) is 24.2. The third-order valence-electron chi connectivity index (χ3n) is 3.62. The molecule has 4 heteroatoms. The second-order valence-electron chi connectivity index (χ2n) is 5.16. The Hall–Kier alpha value is -2.62. The van der Waals surface area contributed by atoms with E-state index in [2.05, 4.69) is 6.92 Å². The molecule has 0 aliphatic rings. The first-order valence-electron chi connectivity index (χ1n) is 7.30. The van der Waals surface area contributed by atoms with Crippen molar-refractivity contribution < 1.29 is 14.7 Å². The number of benzene rings is 2. The number of aromatic carboxylic acids is 1. The Kier molecular flexibility index (Phi) is 4.94. The summed E-state index contributed by atoms with van der Waals surface area (Å²) in [5, 5.41) is 9.29. The average molecular weight is 297 g/mol. The highest BCUT2D eigenvalue weighted by Gasteiger charge is 2.22. The van der Waals surface area contributed by atoms with Crippen LogP contribution < -0.4 is 5.73 Å². The van der Waals surface area contributed by atoms with Crippen molar-refractivity contribution in [2.24, 2.45) is 0 Å². The van der Waals surface area contributed by atoms with Gasteiger partial charge in [-0.25, -0.2) is 4.79 Å². The quantitative estimate of drug-likeness (QED) is 0.631. The van der Waals surface area contributed by atoms with Gasteiger partial charge in [-0.3, -0.25) is 4.79 Å². The van der Waals surface area contributed by atoms with Crippen molar-refractivity contribution in [3.63, 3.8) is 0 Å². The SMILES string of the molecule is CCCCc1ccccc1C(=O)c1c(N)cccc1C(=O)O. The first-order chi connectivity index (χ1) is 10.6. The Labute approximate surface area is 129 Å². The van der Waals surface area contributed by atoms with Crippen LogP contribution in [0.15, 0.2) is 42.5 Å². The van der Waals surface area contributed by atoms with Gasteiger partial charge in [-0.1, -0.05) is 43.7 Å². The number of carboxylic acids is 1. The van der Waals surface area contributed by atoms with Gasteiger partial charge in [0.2, 0.25) is 0 Å². The van der Waals surface area contributed by atoms with Gasteiger partial charge in [0.1, 0.15) is 0 Å². The van der Waals surface area contributed by atoms with Gasteiger partial charge in [-0.05, 0) is 30.5 Å². The zero-order chi connectivity index (χ0) is 16.1. The van der Waals surface area contributed by atoms with Crippen LogP contribution in [0.2, 0.25) is 0 Å². The van der Waals surface area contributed by atoms with E-state index in [1.165, 1.54) is 6.07 Å². The zero-order valence-electron chi connectivity index (χ0n) is 12.5. The van der Waals surface area contributed by atoms with Crippen LogP contribution in [0.4, 0.5) is 5.69 Å². The number of anilines is 1. The lowest BCUT2D eigenvalue weighted by molar-refractivity contribution is 0.0693. The number of hydrogen-bond acceptors (Lipinski definition) is 3. The maximum Gasteiger partial charge on any atom is 0.336 e. The first kappa shape index (κ1) is 15.8. The molecule has 0 aliphatic carbocycles. The van der Waals surface area contributed by atoms with E-state index in [4.69, 9.17) is 5.73 Å². The molecule has 0 heterocycles. The number of carbonyl (C=O) groups is 2. The summed E-state index contributed by atoms with van der Waals surface area (Å²) < 4.78 is 0. The largest absolute Gasteiger partial charge is 0.478 e. The van der Waals surface area contributed by atoms with Crippen LogP contribution in [0.1, 0.15) is 51.6 Å². The average Bonchev–Trinajstić information content (AvgIpc) is 2.52. The number of carbonyl (C=O) groups excluding carboxylic acids is 1. The number of nitrogens with two attached hydrogens (primary N) is 1. The molecular weight excluding hydrogens is 278 g/mol. The molecular formula is C18H19NO3. The standard InChI is InChI=1S/C18H19NO3/c1-2-3-7-12-8-4-5-9-13(12)17(20)16-14(18(21)22)10-6-11-15(16)19/h4-6,8-11H,2-3,7,19H2,1H3,(H,21,22). The summed E-state index contributed by atoms with van der Waals surface area (Å²) in [5.74, 6) is -1.48. The minimum Gasteiger partial charge on any atom is -0.478 e. The van der Waals surface area contributed by atoms with Crippen molar-refractivity contribution in [2.45, 2.75) is 26.2 Å². The van der Waals surface area contributed by atoms with Gasteiger partial charge in [-0.2, -0.15) is 0 Å². The number of carboxylic acid groups (broad SMARTS) is 1. The Morgan fingerprint density at radius 2 is 1.73 bits per heavy atom. The van der Waals surface area contributed by atoms with E-state index in [1.807, 2.05) is 12.1 Å². The van der Waals surface area contributed by atoms with E-state index in [9.17, 15) is 14.7 Å². The maximum absolute atomic E-state index is 12.8. The number of unbranched alkanes of at least 4 members (excludes halogenated alkanes) is 1. The summed E-state index contributed by atoms with van der Waals surface area (Å²) in [6, 6.07) is 11.8. The second-order valence-corrected chi connectivity index (χ2v) is 5.16. The molecule has 2 aromatic rings. The Morgan fingerprint density at radius 1 is 1.05 bits per heavy atom. The molecule has 2 aromatic carbocycles. The van der Waals surface area contributed by atoms with Crippen LogP contribution >= 0.6 is 0 Å². The van der Waals surface area contributed by atoms with Gasteiger partial charge in [0, 0.05) is 11.3 Å². The minimum absolute atomic E-state index is 0.0599. The van der Waals surface area contributed by atoms with Crippen molar-refractivity contribution in [1.82, 2.24) is 0 Å². The maximum atomic E-state index is 12.8. The molecule has 3 N–H and O–H groups in total. The highest BCUT2D eigenvalue weighted by atomic mass is 16.4. The van der Waals surface area contributed by atoms with Crippen LogP contribution in [-0.2, 0) is 6.42 Å². The summed E-state index contributed by atoms with van der Waals surface area (Å²) in [5.41, 5.74) is 7.51. The summed E-state index contributed by atoms with van der Waals surface area (Å²) >= 11 is 0. The molecule has 0 bridgehead atoms. The van der Waals surface area contributed by atoms with E-state index in [1.54, 1.807) is 24.3 Å². The summed E-state index contributed by atoms with van der Waals surface area (Å²) in [7, 11) is 0. The second kappa shape index (κ2) is 6.89. The van der Waals surface area contributed by atoms with E-state index in [-0.39, 0.29) is 22.6 Å². The number of rotatable bonds is 6. The Balaban J connectivity index is 2.52. The monoisotopic (exact) mass is 297 g/mol. The number of nitrogen functional groups attached to an aromatic ring is 1. The third kappa shape index (κ3) is 3.17. The van der Waals surface area contributed by atoms with Crippen LogP contribution in [0.25, 0.3) is 0 Å². The molecule has 0 spiro atoms. The Morgan fingerprint density at radius 3 is 2.41 bits per heavy atom. The molecule has 0 atom stereocenters. The highest BCUT2D eigenvalue weighted by molar-refractivity contribution is 6.17. The van der Waals surface area contributed by atoms with E-state index >= 15 is 0 Å². The van der Waals surface area contributed by atoms with Gasteiger partial charge in [0.25, 0.3) is 0 Å². The van der Waals surface area contributed by atoms with E-state index in [0.29, 0.717) is 5.56 Å². The minimum atomic E-state index is -1.15. The molecule has 22 heavy (non-hydrogen) atoms. The van der Waals surface area contributed by atoms with Crippen molar-refractivity contribution in [1.29, 1.82) is 0 Å². The first-order valence-corrected chi connectivity index (χ1v) is 7.30. The normalized spacial score (nSPS) is 10.4. The van der Waals surface area contributed by atoms with Gasteiger partial charge < -0.3 is 10.8 Å². The molecule has 0 aliphatic heterocycles. The fourth-order valence-corrected chi connectivity index (χ4v) is 2.46. The van der Waals surface area contributed by atoms with E-state index < -0.39 is 5.97 Å². The van der Waals surface area contributed by atoms with Crippen LogP contribution in [0, 0.1) is 0 Å². The van der Waals surface area contributed by atoms with Gasteiger partial charge in [0.05, 0.1) is 11.1 Å². The summed E-state index contributed by atoms with van der Waals surface area (Å²) in [6.07, 6.45) is 2.78. The summed E-state index contributed by atoms with van der Waals surface area (Å²) in [6.45, 7) is 2.09. The lowest BCUT2D eigenvalue weighted by atomic mass is 9.92. The highest BCUT2D eigenvalue weighted by Crippen LogP contribution is 2.24. The molecule has 0 saturated heterocycles. The topological polar surface area (TPSA) is 80.4 Å². The number of aryl methyl sites for hydroxylation is 1. The smallest absolute Gasteiger partial charge is 0.336 e. The fraction of sp³-hybridized carbons (Fsp3) is 0.222. The molecule has 0 amide bonds. The molecule has 0 radical (unpaired) electrons. The van der Waals surface area contributed by atoms with Gasteiger partial charge in [0.15, 0.2) is 5.78 Å². The molecule has 0 fully saturated rings. The predicted octanol–water partition coefficient (Wildman–Crippen LogP) is 3.54. The molecule has 0 unspecified atom stereocenters. The lowest BCUT2D eigenvalue weighted by Crippen LogP contribution is -2.14. The van der Waals surface area contributed by atoms with Crippen molar-refractivity contribution in [2.75, 3.05) is 5.73 Å². The molecule has 0 aromatic heterocycles. The van der Waals surface area contributed by atoms with Crippen molar-refractivity contribution in [3.05, 3.63) is 64.7 Å². The number of ketones is 1. The lowest BCUT2D eigenvalue weighted by Gasteiger charge is -2.12. The zero-order valence-corrected chi connectivity index (χ0v) is 12.5. The van der Waals surface area contributed by atoms with Crippen molar-refractivity contribution >= 4 is 17.4 Å².